The number of carbonyl (C=O) groups is 1. The number of hydrogen-bond acceptors (Lipinski definition) is 2. The number of aryl methyl sites for hydroxylation is 1. The highest BCUT2D eigenvalue weighted by Gasteiger charge is 2.08. The van der Waals surface area contributed by atoms with Crippen LogP contribution in [0.4, 0.5) is 0 Å². The average Bonchev–Trinajstić information content (AvgIpc) is 2.73. The molecule has 0 radical (unpaired) electrons. The number of ketones is 1. The Morgan fingerprint density at radius 3 is 2.56 bits per heavy atom. The van der Waals surface area contributed by atoms with Gasteiger partial charge in [0, 0.05) is 18.4 Å². The first-order chi connectivity index (χ1) is 7.77. The van der Waals surface area contributed by atoms with Crippen molar-refractivity contribution in [2.75, 3.05) is 0 Å². The second-order valence-electron chi connectivity index (χ2n) is 3.48. The van der Waals surface area contributed by atoms with Gasteiger partial charge in [0.15, 0.2) is 5.78 Å². The highest BCUT2D eigenvalue weighted by atomic mass is 79.9. The van der Waals surface area contributed by atoms with E-state index in [9.17, 15) is 4.79 Å². The largest absolute Gasteiger partial charge is 0.468 e. The quantitative estimate of drug-likeness (QED) is 0.795. The van der Waals surface area contributed by atoms with E-state index in [0.717, 1.165) is 15.8 Å². The van der Waals surface area contributed by atoms with Crippen LogP contribution in [0, 0.1) is 0 Å². The summed E-state index contributed by atoms with van der Waals surface area (Å²) in [5.74, 6) is 0.966. The molecule has 82 valence electrons. The van der Waals surface area contributed by atoms with Crippen LogP contribution >= 0.6 is 15.9 Å². The SMILES string of the molecule is O=C(CCc1occc1Br)c1ccccc1. The van der Waals surface area contributed by atoms with Crippen molar-refractivity contribution in [3.63, 3.8) is 0 Å². The van der Waals surface area contributed by atoms with E-state index in [-0.39, 0.29) is 5.78 Å². The fraction of sp³-hybridized carbons (Fsp3) is 0.154. The molecule has 1 aromatic carbocycles. The Morgan fingerprint density at radius 2 is 1.94 bits per heavy atom. The summed E-state index contributed by atoms with van der Waals surface area (Å²) in [6.07, 6.45) is 2.71. The minimum Gasteiger partial charge on any atom is -0.468 e. The first-order valence-corrected chi connectivity index (χ1v) is 5.87. The lowest BCUT2D eigenvalue weighted by atomic mass is 10.1. The summed E-state index contributed by atoms with van der Waals surface area (Å²) in [5.41, 5.74) is 0.755. The maximum atomic E-state index is 11.8. The third-order valence-corrected chi connectivity index (χ3v) is 3.07. The van der Waals surface area contributed by atoms with Gasteiger partial charge in [0.2, 0.25) is 0 Å². The molecule has 0 bridgehead atoms. The van der Waals surface area contributed by atoms with Gasteiger partial charge < -0.3 is 4.42 Å². The van der Waals surface area contributed by atoms with Crippen molar-refractivity contribution in [1.29, 1.82) is 0 Å². The lowest BCUT2D eigenvalue weighted by molar-refractivity contribution is 0.0981. The minimum atomic E-state index is 0.143. The summed E-state index contributed by atoms with van der Waals surface area (Å²) < 4.78 is 6.18. The Balaban J connectivity index is 1.97. The van der Waals surface area contributed by atoms with Gasteiger partial charge in [-0.05, 0) is 22.0 Å². The molecule has 0 atom stereocenters. The van der Waals surface area contributed by atoms with Gasteiger partial charge in [-0.1, -0.05) is 30.3 Å². The van der Waals surface area contributed by atoms with E-state index in [1.54, 1.807) is 6.26 Å². The molecule has 0 saturated carbocycles. The first-order valence-electron chi connectivity index (χ1n) is 5.07. The van der Waals surface area contributed by atoms with Crippen LogP contribution < -0.4 is 0 Å². The molecule has 0 unspecified atom stereocenters. The van der Waals surface area contributed by atoms with Crippen LogP contribution in [-0.4, -0.2) is 5.78 Å². The molecular formula is C13H11BrO2. The third kappa shape index (κ3) is 2.61. The number of furan rings is 1. The van der Waals surface area contributed by atoms with E-state index in [4.69, 9.17) is 4.42 Å². The molecule has 0 saturated heterocycles. The molecule has 1 heterocycles. The van der Waals surface area contributed by atoms with Gasteiger partial charge in [-0.25, -0.2) is 0 Å². The average molecular weight is 279 g/mol. The van der Waals surface area contributed by atoms with Crippen LogP contribution in [0.1, 0.15) is 22.5 Å². The van der Waals surface area contributed by atoms with Crippen molar-refractivity contribution in [1.82, 2.24) is 0 Å². The molecular weight excluding hydrogens is 268 g/mol. The normalized spacial score (nSPS) is 10.3. The van der Waals surface area contributed by atoms with Gasteiger partial charge in [0.25, 0.3) is 0 Å². The van der Waals surface area contributed by atoms with Crippen LogP contribution in [0.2, 0.25) is 0 Å². The minimum absolute atomic E-state index is 0.143. The van der Waals surface area contributed by atoms with Gasteiger partial charge >= 0.3 is 0 Å². The molecule has 0 aliphatic carbocycles. The summed E-state index contributed by atoms with van der Waals surface area (Å²) in [5, 5.41) is 0. The fourth-order valence-electron chi connectivity index (χ4n) is 1.50. The van der Waals surface area contributed by atoms with E-state index in [0.29, 0.717) is 12.8 Å². The number of halogens is 1. The molecule has 1 aromatic heterocycles. The Hall–Kier alpha value is -1.35. The Kier molecular flexibility index (Phi) is 3.57. The van der Waals surface area contributed by atoms with Crippen LogP contribution in [-0.2, 0) is 6.42 Å². The Bertz CT molecular complexity index is 474. The number of rotatable bonds is 4. The maximum absolute atomic E-state index is 11.8. The summed E-state index contributed by atoms with van der Waals surface area (Å²) in [6, 6.07) is 11.1. The Morgan fingerprint density at radius 1 is 1.19 bits per heavy atom. The molecule has 0 aliphatic heterocycles. The van der Waals surface area contributed by atoms with Gasteiger partial charge in [-0.2, -0.15) is 0 Å². The van der Waals surface area contributed by atoms with Gasteiger partial charge in [-0.15, -0.1) is 0 Å². The third-order valence-electron chi connectivity index (χ3n) is 2.37. The van der Waals surface area contributed by atoms with Crippen molar-refractivity contribution in [3.8, 4) is 0 Å². The molecule has 3 heteroatoms. The zero-order valence-corrected chi connectivity index (χ0v) is 10.2. The lowest BCUT2D eigenvalue weighted by Gasteiger charge is -1.99. The predicted molar refractivity (Wildman–Crippen MR) is 65.5 cm³/mol. The molecule has 2 aromatic rings. The van der Waals surface area contributed by atoms with Gasteiger partial charge in [-0.3, -0.25) is 4.79 Å². The van der Waals surface area contributed by atoms with Crippen molar-refractivity contribution in [3.05, 3.63) is 58.5 Å². The monoisotopic (exact) mass is 278 g/mol. The van der Waals surface area contributed by atoms with Crippen LogP contribution in [0.25, 0.3) is 0 Å². The summed E-state index contributed by atoms with van der Waals surface area (Å²) in [7, 11) is 0. The van der Waals surface area contributed by atoms with Crippen molar-refractivity contribution in [2.24, 2.45) is 0 Å². The zero-order valence-electron chi connectivity index (χ0n) is 8.65. The molecule has 0 amide bonds. The molecule has 0 fully saturated rings. The lowest BCUT2D eigenvalue weighted by Crippen LogP contribution is -2.00. The standard InChI is InChI=1S/C13H11BrO2/c14-11-8-9-16-13(11)7-6-12(15)10-4-2-1-3-5-10/h1-5,8-9H,6-7H2. The molecule has 0 spiro atoms. The predicted octanol–water partition coefficient (Wildman–Crippen LogP) is 3.86. The first kappa shape index (κ1) is 11.1. The number of Topliss-reactive ketones (excluding diaryl/α,β-unsaturated/α-hetero) is 1. The van der Waals surface area contributed by atoms with E-state index in [1.807, 2.05) is 36.4 Å². The van der Waals surface area contributed by atoms with E-state index in [1.165, 1.54) is 0 Å². The summed E-state index contributed by atoms with van der Waals surface area (Å²) in [6.45, 7) is 0. The van der Waals surface area contributed by atoms with Gasteiger partial charge in [0.1, 0.15) is 5.76 Å². The number of carbonyl (C=O) groups excluding carboxylic acids is 1. The van der Waals surface area contributed by atoms with Crippen molar-refractivity contribution in [2.45, 2.75) is 12.8 Å². The highest BCUT2D eigenvalue weighted by molar-refractivity contribution is 9.10. The highest BCUT2D eigenvalue weighted by Crippen LogP contribution is 2.19. The Labute approximate surface area is 102 Å². The van der Waals surface area contributed by atoms with Crippen LogP contribution in [0.15, 0.2) is 51.6 Å². The second-order valence-corrected chi connectivity index (χ2v) is 4.34. The molecule has 2 rings (SSSR count). The van der Waals surface area contributed by atoms with E-state index in [2.05, 4.69) is 15.9 Å². The van der Waals surface area contributed by atoms with Crippen molar-refractivity contribution < 1.29 is 9.21 Å². The molecule has 2 nitrogen and oxygen atoms in total. The second kappa shape index (κ2) is 5.12. The molecule has 0 aliphatic rings. The van der Waals surface area contributed by atoms with Crippen LogP contribution in [0.3, 0.4) is 0 Å². The summed E-state index contributed by atoms with van der Waals surface area (Å²) >= 11 is 3.37. The van der Waals surface area contributed by atoms with Crippen LogP contribution in [0.5, 0.6) is 0 Å². The van der Waals surface area contributed by atoms with Crippen molar-refractivity contribution >= 4 is 21.7 Å². The topological polar surface area (TPSA) is 30.2 Å². The van der Waals surface area contributed by atoms with E-state index >= 15 is 0 Å². The summed E-state index contributed by atoms with van der Waals surface area (Å²) in [4.78, 5) is 11.8. The maximum Gasteiger partial charge on any atom is 0.163 e. The molecule has 0 N–H and O–H groups in total. The number of benzene rings is 1. The number of hydrogen-bond donors (Lipinski definition) is 0. The van der Waals surface area contributed by atoms with Gasteiger partial charge in [0.05, 0.1) is 10.7 Å². The zero-order chi connectivity index (χ0) is 11.4. The molecule has 16 heavy (non-hydrogen) atoms. The smallest absolute Gasteiger partial charge is 0.163 e. The fourth-order valence-corrected chi connectivity index (χ4v) is 1.90. The van der Waals surface area contributed by atoms with E-state index < -0.39 is 0 Å².